The van der Waals surface area contributed by atoms with E-state index >= 15 is 0 Å². The average Bonchev–Trinajstić information content (AvgIpc) is 3.07. The Labute approximate surface area is 184 Å². The summed E-state index contributed by atoms with van der Waals surface area (Å²) in [6.07, 6.45) is 2.07. The summed E-state index contributed by atoms with van der Waals surface area (Å²) < 4.78 is 21.1. The first-order valence-electron chi connectivity index (χ1n) is 10.8. The summed E-state index contributed by atoms with van der Waals surface area (Å²) in [5.41, 5.74) is 5.21. The van der Waals surface area contributed by atoms with Gasteiger partial charge in [0, 0.05) is 24.0 Å². The Bertz CT molecular complexity index is 1260. The molecule has 3 aromatic rings. The highest BCUT2D eigenvalue weighted by Gasteiger charge is 2.29. The number of hydrogen-bond donors (Lipinski definition) is 2. The number of furan rings is 1. The van der Waals surface area contributed by atoms with Gasteiger partial charge in [0.2, 0.25) is 0 Å². The SMILES string of the molecule is CCCCn1c(N)c(N(CCC(C)C)C(=O)c2oc3c(F)cccc3c2C)c(=O)[nH]c1=O. The second kappa shape index (κ2) is 9.42. The third kappa shape index (κ3) is 4.32. The van der Waals surface area contributed by atoms with E-state index in [1.165, 1.54) is 21.6 Å². The summed E-state index contributed by atoms with van der Waals surface area (Å²) in [4.78, 5) is 42.2. The Kier molecular flexibility index (Phi) is 6.86. The van der Waals surface area contributed by atoms with Crippen LogP contribution in [0.25, 0.3) is 11.0 Å². The summed E-state index contributed by atoms with van der Waals surface area (Å²) in [5, 5.41) is 0.479. The van der Waals surface area contributed by atoms with Crippen LogP contribution in [0.15, 0.2) is 32.2 Å². The second-order valence-corrected chi connectivity index (χ2v) is 8.31. The van der Waals surface area contributed by atoms with Crippen molar-refractivity contribution in [3.63, 3.8) is 0 Å². The van der Waals surface area contributed by atoms with Crippen molar-refractivity contribution >= 4 is 28.4 Å². The Hall–Kier alpha value is -3.36. The van der Waals surface area contributed by atoms with E-state index in [9.17, 15) is 18.8 Å². The molecule has 0 aliphatic heterocycles. The molecule has 1 aromatic carbocycles. The molecule has 3 N–H and O–H groups in total. The lowest BCUT2D eigenvalue weighted by molar-refractivity contribution is 0.0960. The molecule has 172 valence electrons. The minimum Gasteiger partial charge on any atom is -0.448 e. The van der Waals surface area contributed by atoms with Gasteiger partial charge in [0.1, 0.15) is 5.82 Å². The van der Waals surface area contributed by atoms with Crippen molar-refractivity contribution in [3.05, 3.63) is 56.2 Å². The molecule has 0 bridgehead atoms. The Balaban J connectivity index is 2.17. The maximum Gasteiger partial charge on any atom is 0.330 e. The van der Waals surface area contributed by atoms with Crippen molar-refractivity contribution in [2.45, 2.75) is 53.5 Å². The van der Waals surface area contributed by atoms with Crippen molar-refractivity contribution in [2.75, 3.05) is 17.2 Å². The fourth-order valence-electron chi connectivity index (χ4n) is 3.61. The standard InChI is InChI=1S/C23H29FN4O4/c1-5-6-11-28-20(25)17(21(29)26-23(28)31)27(12-10-13(2)3)22(30)18-14(4)15-8-7-9-16(24)19(15)32-18/h7-9,13H,5-6,10-12,25H2,1-4H3,(H,26,29,31). The van der Waals surface area contributed by atoms with Crippen molar-refractivity contribution in [1.29, 1.82) is 0 Å². The number of unbranched alkanes of at least 4 members (excludes halogenated alkanes) is 1. The molecule has 0 aliphatic carbocycles. The highest BCUT2D eigenvalue weighted by molar-refractivity contribution is 6.09. The van der Waals surface area contributed by atoms with Crippen LogP contribution >= 0.6 is 0 Å². The number of nitrogens with two attached hydrogens (primary N) is 1. The van der Waals surface area contributed by atoms with Gasteiger partial charge in [0.15, 0.2) is 22.8 Å². The zero-order chi connectivity index (χ0) is 23.6. The number of nitrogens with zero attached hydrogens (tertiary/aromatic N) is 2. The molecule has 0 spiro atoms. The van der Waals surface area contributed by atoms with E-state index in [2.05, 4.69) is 4.98 Å². The monoisotopic (exact) mass is 444 g/mol. The molecule has 3 rings (SSSR count). The minimum absolute atomic E-state index is 0.0213. The van der Waals surface area contributed by atoms with Crippen LogP contribution in [-0.4, -0.2) is 22.0 Å². The third-order valence-corrected chi connectivity index (χ3v) is 5.50. The maximum absolute atomic E-state index is 14.2. The molecular weight excluding hydrogens is 415 g/mol. The van der Waals surface area contributed by atoms with Crippen LogP contribution < -0.4 is 21.9 Å². The van der Waals surface area contributed by atoms with Gasteiger partial charge in [0.25, 0.3) is 11.5 Å². The highest BCUT2D eigenvalue weighted by atomic mass is 19.1. The molecule has 0 aliphatic rings. The maximum atomic E-state index is 14.2. The number of nitrogen functional groups attached to an aromatic ring is 1. The van der Waals surface area contributed by atoms with E-state index in [-0.39, 0.29) is 35.3 Å². The van der Waals surface area contributed by atoms with Crippen LogP contribution in [0, 0.1) is 18.7 Å². The van der Waals surface area contributed by atoms with Gasteiger partial charge in [-0.05, 0) is 31.7 Å². The van der Waals surface area contributed by atoms with Gasteiger partial charge in [-0.15, -0.1) is 0 Å². The number of carbonyl (C=O) groups is 1. The lowest BCUT2D eigenvalue weighted by atomic mass is 10.1. The number of amides is 1. The zero-order valence-corrected chi connectivity index (χ0v) is 18.8. The Morgan fingerprint density at radius 1 is 1.31 bits per heavy atom. The number of benzene rings is 1. The van der Waals surface area contributed by atoms with E-state index < -0.39 is 23.0 Å². The number of aryl methyl sites for hydroxylation is 1. The van der Waals surface area contributed by atoms with E-state index in [1.54, 1.807) is 13.0 Å². The third-order valence-electron chi connectivity index (χ3n) is 5.50. The van der Waals surface area contributed by atoms with Gasteiger partial charge >= 0.3 is 5.69 Å². The van der Waals surface area contributed by atoms with Crippen LogP contribution in [0.1, 0.15) is 56.2 Å². The molecule has 2 heterocycles. The molecular formula is C23H29FN4O4. The van der Waals surface area contributed by atoms with Crippen LogP contribution in [0.2, 0.25) is 0 Å². The van der Waals surface area contributed by atoms with Crippen molar-refractivity contribution in [2.24, 2.45) is 5.92 Å². The Morgan fingerprint density at radius 3 is 2.66 bits per heavy atom. The van der Waals surface area contributed by atoms with E-state index in [0.29, 0.717) is 30.3 Å². The highest BCUT2D eigenvalue weighted by Crippen LogP contribution is 2.30. The topological polar surface area (TPSA) is 114 Å². The number of hydrogen-bond acceptors (Lipinski definition) is 5. The summed E-state index contributed by atoms with van der Waals surface area (Å²) in [6.45, 7) is 8.09. The van der Waals surface area contributed by atoms with E-state index in [0.717, 1.165) is 6.42 Å². The van der Waals surface area contributed by atoms with Gasteiger partial charge in [-0.25, -0.2) is 9.18 Å². The molecule has 0 radical (unpaired) electrons. The number of aromatic nitrogens is 2. The molecule has 0 unspecified atom stereocenters. The number of rotatable bonds is 8. The average molecular weight is 445 g/mol. The van der Waals surface area contributed by atoms with Gasteiger partial charge in [-0.1, -0.05) is 39.3 Å². The summed E-state index contributed by atoms with van der Waals surface area (Å²) >= 11 is 0. The first-order chi connectivity index (χ1) is 15.2. The number of halogens is 1. The van der Waals surface area contributed by atoms with E-state index in [1.807, 2.05) is 20.8 Å². The molecule has 8 nitrogen and oxygen atoms in total. The first-order valence-corrected chi connectivity index (χ1v) is 10.8. The molecule has 0 saturated carbocycles. The molecule has 2 aromatic heterocycles. The van der Waals surface area contributed by atoms with Crippen LogP contribution in [0.3, 0.4) is 0 Å². The molecule has 32 heavy (non-hydrogen) atoms. The molecule has 0 fully saturated rings. The quantitative estimate of drug-likeness (QED) is 0.548. The second-order valence-electron chi connectivity index (χ2n) is 8.31. The fourth-order valence-corrected chi connectivity index (χ4v) is 3.61. The number of aromatic amines is 1. The summed E-state index contributed by atoms with van der Waals surface area (Å²) in [7, 11) is 0. The number of nitrogens with one attached hydrogen (secondary N) is 1. The van der Waals surface area contributed by atoms with E-state index in [4.69, 9.17) is 10.2 Å². The predicted octanol–water partition coefficient (Wildman–Crippen LogP) is 3.81. The number of fused-ring (bicyclic) bond motifs is 1. The first kappa shape index (κ1) is 23.3. The normalized spacial score (nSPS) is 11.4. The number of carbonyl (C=O) groups excluding carboxylic acids is 1. The zero-order valence-electron chi connectivity index (χ0n) is 18.8. The summed E-state index contributed by atoms with van der Waals surface area (Å²) in [6, 6.07) is 4.46. The largest absolute Gasteiger partial charge is 0.448 e. The smallest absolute Gasteiger partial charge is 0.330 e. The number of H-pyrrole nitrogens is 1. The van der Waals surface area contributed by atoms with Gasteiger partial charge < -0.3 is 10.2 Å². The van der Waals surface area contributed by atoms with Gasteiger partial charge in [0.05, 0.1) is 0 Å². The van der Waals surface area contributed by atoms with Gasteiger partial charge in [-0.2, -0.15) is 0 Å². The van der Waals surface area contributed by atoms with Crippen LogP contribution in [-0.2, 0) is 6.54 Å². The number of anilines is 2. The lowest BCUT2D eigenvalue weighted by Gasteiger charge is -2.24. The molecule has 9 heteroatoms. The molecule has 0 atom stereocenters. The van der Waals surface area contributed by atoms with Crippen molar-refractivity contribution in [1.82, 2.24) is 9.55 Å². The van der Waals surface area contributed by atoms with Crippen molar-refractivity contribution < 1.29 is 13.6 Å². The van der Waals surface area contributed by atoms with Gasteiger partial charge in [-0.3, -0.25) is 24.0 Å². The molecule has 0 saturated heterocycles. The number of para-hydroxylation sites is 1. The minimum atomic E-state index is -0.753. The van der Waals surface area contributed by atoms with Crippen LogP contribution in [0.5, 0.6) is 0 Å². The predicted molar refractivity (Wildman–Crippen MR) is 123 cm³/mol. The Morgan fingerprint density at radius 2 is 2.03 bits per heavy atom. The molecule has 1 amide bonds. The van der Waals surface area contributed by atoms with Crippen LogP contribution in [0.4, 0.5) is 15.9 Å². The summed E-state index contributed by atoms with van der Waals surface area (Å²) in [5.74, 6) is -1.12. The fraction of sp³-hybridized carbons (Fsp3) is 0.435. The van der Waals surface area contributed by atoms with Crippen molar-refractivity contribution in [3.8, 4) is 0 Å². The lowest BCUT2D eigenvalue weighted by Crippen LogP contribution is -2.42.